The molecule has 1 heterocycles. The summed E-state index contributed by atoms with van der Waals surface area (Å²) in [6.45, 7) is -0.359. The number of halogens is 5. The van der Waals surface area contributed by atoms with E-state index in [1.54, 1.807) is 0 Å². The first-order valence-corrected chi connectivity index (χ1v) is 11.5. The molecule has 1 atom stereocenters. The van der Waals surface area contributed by atoms with Gasteiger partial charge in [0.15, 0.2) is 5.60 Å². The highest BCUT2D eigenvalue weighted by Gasteiger charge is 2.56. The molecule has 0 unspecified atom stereocenters. The summed E-state index contributed by atoms with van der Waals surface area (Å²) in [6, 6.07) is 10.3. The van der Waals surface area contributed by atoms with E-state index in [4.69, 9.17) is 11.6 Å². The summed E-state index contributed by atoms with van der Waals surface area (Å²) in [4.78, 5) is 26.8. The van der Waals surface area contributed by atoms with E-state index in [9.17, 15) is 37.4 Å². The van der Waals surface area contributed by atoms with Crippen LogP contribution >= 0.6 is 11.6 Å². The Labute approximate surface area is 214 Å². The minimum Gasteiger partial charge on any atom is -0.393 e. The van der Waals surface area contributed by atoms with Crippen molar-refractivity contribution in [1.29, 1.82) is 0 Å². The van der Waals surface area contributed by atoms with E-state index in [0.717, 1.165) is 35.2 Å². The van der Waals surface area contributed by atoms with E-state index in [1.807, 2.05) is 0 Å². The standard InChI is InChI=1S/C26H21ClF4N2O4/c1-14-10-17(28)4-5-18(14)23(35)32-21-6-2-15(11-20(21)29)24(36)33-9-8-26(30,31)25(37,13-34)19-12-16(27)3-7-22(19)33/h2-7,10-12,34,37H,8-9,13H2,1H3,(H,32,35)/t25-/m0/s1. The second kappa shape index (κ2) is 9.77. The number of nitrogens with zero attached hydrogens (tertiary/aromatic N) is 1. The van der Waals surface area contributed by atoms with Gasteiger partial charge in [-0.1, -0.05) is 11.6 Å². The maximum atomic E-state index is 14.9. The van der Waals surface area contributed by atoms with Crippen molar-refractivity contribution in [2.75, 3.05) is 23.4 Å². The van der Waals surface area contributed by atoms with Crippen LogP contribution in [-0.4, -0.2) is 41.1 Å². The van der Waals surface area contributed by atoms with E-state index in [1.165, 1.54) is 31.2 Å². The van der Waals surface area contributed by atoms with Crippen molar-refractivity contribution in [3.05, 3.63) is 93.5 Å². The first-order chi connectivity index (χ1) is 17.4. The van der Waals surface area contributed by atoms with Crippen molar-refractivity contribution in [3.8, 4) is 0 Å². The Kier molecular flexibility index (Phi) is 7.02. The minimum absolute atomic E-state index is 0.00162. The molecule has 0 aliphatic carbocycles. The molecule has 0 fully saturated rings. The first-order valence-electron chi connectivity index (χ1n) is 11.1. The van der Waals surface area contributed by atoms with Gasteiger partial charge in [0.05, 0.1) is 18.0 Å². The second-order valence-corrected chi connectivity index (χ2v) is 9.14. The predicted octanol–water partition coefficient (Wildman–Crippen LogP) is 5.04. The summed E-state index contributed by atoms with van der Waals surface area (Å²) in [5.41, 5.74) is -3.57. The van der Waals surface area contributed by atoms with Crippen LogP contribution in [0, 0.1) is 18.6 Å². The monoisotopic (exact) mass is 536 g/mol. The van der Waals surface area contributed by atoms with Crippen molar-refractivity contribution in [3.63, 3.8) is 0 Å². The lowest BCUT2D eigenvalue weighted by atomic mass is 9.86. The van der Waals surface area contributed by atoms with Crippen molar-refractivity contribution >= 4 is 34.8 Å². The number of carbonyl (C=O) groups is 2. The van der Waals surface area contributed by atoms with E-state index >= 15 is 0 Å². The highest BCUT2D eigenvalue weighted by Crippen LogP contribution is 2.47. The number of nitrogens with one attached hydrogen (secondary N) is 1. The smallest absolute Gasteiger partial charge is 0.284 e. The number of anilines is 2. The number of alkyl halides is 2. The highest BCUT2D eigenvalue weighted by molar-refractivity contribution is 6.30. The van der Waals surface area contributed by atoms with E-state index in [0.29, 0.717) is 5.56 Å². The maximum absolute atomic E-state index is 14.9. The zero-order valence-electron chi connectivity index (χ0n) is 19.4. The lowest BCUT2D eigenvalue weighted by Crippen LogP contribution is -2.48. The van der Waals surface area contributed by atoms with Gasteiger partial charge < -0.3 is 20.4 Å². The molecule has 4 rings (SSSR count). The van der Waals surface area contributed by atoms with Crippen LogP contribution in [0.4, 0.5) is 28.9 Å². The zero-order valence-corrected chi connectivity index (χ0v) is 20.1. The van der Waals surface area contributed by atoms with Gasteiger partial charge in [-0.25, -0.2) is 17.6 Å². The van der Waals surface area contributed by atoms with Gasteiger partial charge in [-0.3, -0.25) is 9.59 Å². The van der Waals surface area contributed by atoms with Crippen molar-refractivity contribution in [2.45, 2.75) is 24.9 Å². The fraction of sp³-hybridized carbons (Fsp3) is 0.231. The van der Waals surface area contributed by atoms with E-state index < -0.39 is 60.1 Å². The van der Waals surface area contributed by atoms with Crippen LogP contribution in [0.1, 0.15) is 38.3 Å². The molecule has 3 aromatic rings. The van der Waals surface area contributed by atoms with Gasteiger partial charge >= 0.3 is 0 Å². The molecule has 194 valence electrons. The molecule has 6 nitrogen and oxygen atoms in total. The van der Waals surface area contributed by atoms with Crippen LogP contribution in [0.15, 0.2) is 54.6 Å². The number of carbonyl (C=O) groups excluding carboxylic acids is 2. The Morgan fingerprint density at radius 1 is 1.08 bits per heavy atom. The Bertz CT molecular complexity index is 1400. The number of hydrogen-bond donors (Lipinski definition) is 3. The van der Waals surface area contributed by atoms with Crippen LogP contribution in [0.3, 0.4) is 0 Å². The van der Waals surface area contributed by atoms with Gasteiger partial charge in [0.25, 0.3) is 17.7 Å². The third-order valence-corrected chi connectivity index (χ3v) is 6.56. The average molecular weight is 537 g/mol. The molecule has 2 amide bonds. The summed E-state index contributed by atoms with van der Waals surface area (Å²) in [5, 5.41) is 22.7. The van der Waals surface area contributed by atoms with Crippen molar-refractivity contribution < 1.29 is 37.4 Å². The summed E-state index contributed by atoms with van der Waals surface area (Å²) >= 11 is 5.95. The number of rotatable bonds is 4. The lowest BCUT2D eigenvalue weighted by molar-refractivity contribution is -0.205. The molecule has 0 spiro atoms. The third-order valence-electron chi connectivity index (χ3n) is 6.32. The molecule has 11 heteroatoms. The molecule has 0 bridgehead atoms. The van der Waals surface area contributed by atoms with Crippen LogP contribution in [0.2, 0.25) is 5.02 Å². The Morgan fingerprint density at radius 2 is 1.81 bits per heavy atom. The largest absolute Gasteiger partial charge is 0.393 e. The molecule has 3 aromatic carbocycles. The number of aryl methyl sites for hydroxylation is 1. The van der Waals surface area contributed by atoms with E-state index in [2.05, 4.69) is 5.32 Å². The summed E-state index contributed by atoms with van der Waals surface area (Å²) in [7, 11) is 0. The molecule has 1 aliphatic heterocycles. The molecule has 3 N–H and O–H groups in total. The van der Waals surface area contributed by atoms with Gasteiger partial charge in [-0.2, -0.15) is 0 Å². The van der Waals surface area contributed by atoms with Gasteiger partial charge in [0, 0.05) is 34.7 Å². The molecule has 0 saturated heterocycles. The van der Waals surface area contributed by atoms with Gasteiger partial charge in [0.2, 0.25) is 0 Å². The Balaban J connectivity index is 1.66. The summed E-state index contributed by atoms with van der Waals surface area (Å²) in [6.07, 6.45) is -0.990. The quantitative estimate of drug-likeness (QED) is 0.407. The molecular formula is C26H21ClF4N2O4. The van der Waals surface area contributed by atoms with E-state index in [-0.39, 0.29) is 27.5 Å². The molecule has 0 radical (unpaired) electrons. The minimum atomic E-state index is -3.81. The van der Waals surface area contributed by atoms with Crippen LogP contribution in [-0.2, 0) is 5.60 Å². The molecule has 0 aromatic heterocycles. The topological polar surface area (TPSA) is 89.9 Å². The van der Waals surface area contributed by atoms with Gasteiger partial charge in [-0.15, -0.1) is 0 Å². The molecule has 37 heavy (non-hydrogen) atoms. The molecule has 1 aliphatic rings. The van der Waals surface area contributed by atoms with Crippen LogP contribution in [0.5, 0.6) is 0 Å². The maximum Gasteiger partial charge on any atom is 0.284 e. The summed E-state index contributed by atoms with van der Waals surface area (Å²) in [5.74, 6) is -6.86. The van der Waals surface area contributed by atoms with Crippen molar-refractivity contribution in [2.24, 2.45) is 0 Å². The van der Waals surface area contributed by atoms with Gasteiger partial charge in [-0.05, 0) is 67.1 Å². The SMILES string of the molecule is Cc1cc(F)ccc1C(=O)Nc1ccc(C(=O)N2CCC(F)(F)[C@](O)(CO)c3cc(Cl)ccc32)cc1F. The Hall–Kier alpha value is -3.47. The third kappa shape index (κ3) is 4.79. The Morgan fingerprint density at radius 3 is 2.46 bits per heavy atom. The number of aliphatic hydroxyl groups is 2. The van der Waals surface area contributed by atoms with Crippen LogP contribution < -0.4 is 10.2 Å². The lowest BCUT2D eigenvalue weighted by Gasteiger charge is -2.33. The number of hydrogen-bond acceptors (Lipinski definition) is 4. The molecule has 0 saturated carbocycles. The zero-order chi connectivity index (χ0) is 27.1. The fourth-order valence-corrected chi connectivity index (χ4v) is 4.41. The van der Waals surface area contributed by atoms with Crippen LogP contribution in [0.25, 0.3) is 0 Å². The van der Waals surface area contributed by atoms with Gasteiger partial charge in [0.1, 0.15) is 11.6 Å². The summed E-state index contributed by atoms with van der Waals surface area (Å²) < 4.78 is 58.0. The number of aliphatic hydroxyl groups excluding tert-OH is 1. The second-order valence-electron chi connectivity index (χ2n) is 8.70. The molecular weight excluding hydrogens is 516 g/mol. The normalized spacial score (nSPS) is 18.6. The predicted molar refractivity (Wildman–Crippen MR) is 129 cm³/mol. The highest BCUT2D eigenvalue weighted by atomic mass is 35.5. The fourth-order valence-electron chi connectivity index (χ4n) is 4.24. The van der Waals surface area contributed by atoms with Crippen molar-refractivity contribution in [1.82, 2.24) is 0 Å². The number of benzene rings is 3. The number of fused-ring (bicyclic) bond motifs is 1. The number of amides is 2. The first kappa shape index (κ1) is 26.6. The average Bonchev–Trinajstić information content (AvgIpc) is 2.92.